The second kappa shape index (κ2) is 2.56. The summed E-state index contributed by atoms with van der Waals surface area (Å²) in [6, 6.07) is 1.60. The van der Waals surface area contributed by atoms with Crippen LogP contribution in [0.25, 0.3) is 0 Å². The van der Waals surface area contributed by atoms with Crippen molar-refractivity contribution in [1.82, 2.24) is 4.90 Å². The maximum Gasteiger partial charge on any atom is 0.411 e. The van der Waals surface area contributed by atoms with Crippen molar-refractivity contribution in [2.75, 3.05) is 13.2 Å². The molecule has 1 rings (SSSR count). The number of carbonyl (C=O) groups is 1. The molecule has 0 aliphatic carbocycles. The number of nitrogens with zero attached hydrogens (tertiary/aromatic N) is 2. The van der Waals surface area contributed by atoms with E-state index in [-0.39, 0.29) is 12.1 Å². The lowest BCUT2D eigenvalue weighted by Crippen LogP contribution is -2.32. The van der Waals surface area contributed by atoms with E-state index >= 15 is 0 Å². The third-order valence-electron chi connectivity index (χ3n) is 1.45. The van der Waals surface area contributed by atoms with E-state index in [4.69, 9.17) is 5.26 Å². The van der Waals surface area contributed by atoms with Gasteiger partial charge in [0, 0.05) is 0 Å². The van der Waals surface area contributed by atoms with Crippen LogP contribution in [0.15, 0.2) is 0 Å². The highest BCUT2D eigenvalue weighted by atomic mass is 16.6. The van der Waals surface area contributed by atoms with E-state index in [1.165, 1.54) is 4.90 Å². The van der Waals surface area contributed by atoms with Crippen molar-refractivity contribution in [3.05, 3.63) is 0 Å². The molecule has 54 valence electrons. The first-order valence-electron chi connectivity index (χ1n) is 3.08. The topological polar surface area (TPSA) is 53.3 Å². The van der Waals surface area contributed by atoms with E-state index in [1.807, 2.05) is 6.07 Å². The van der Waals surface area contributed by atoms with Gasteiger partial charge in [-0.2, -0.15) is 5.26 Å². The Morgan fingerprint density at radius 2 is 2.60 bits per heavy atom. The van der Waals surface area contributed by atoms with Crippen LogP contribution in [0, 0.1) is 11.3 Å². The molecule has 1 saturated heterocycles. The molecular formula is C6H8N2O2. The summed E-state index contributed by atoms with van der Waals surface area (Å²) in [7, 11) is 0. The number of rotatable bonds is 1. The normalized spacial score (nSPS) is 20.0. The Kier molecular flexibility index (Phi) is 1.76. The molecule has 0 radical (unpaired) electrons. The molecule has 10 heavy (non-hydrogen) atoms. The summed E-state index contributed by atoms with van der Waals surface area (Å²) >= 11 is 0. The summed E-state index contributed by atoms with van der Waals surface area (Å²) in [5.74, 6) is 0. The third-order valence-corrected chi connectivity index (χ3v) is 1.45. The zero-order chi connectivity index (χ0) is 7.56. The summed E-state index contributed by atoms with van der Waals surface area (Å²) in [6.07, 6.45) is -0.381. The van der Waals surface area contributed by atoms with E-state index in [0.29, 0.717) is 13.2 Å². The maximum atomic E-state index is 10.7. The third kappa shape index (κ3) is 1.03. The lowest BCUT2D eigenvalue weighted by molar-refractivity contribution is 0.155. The molecule has 0 aromatic carbocycles. The number of cyclic esters (lactones) is 1. The van der Waals surface area contributed by atoms with Crippen molar-refractivity contribution in [2.45, 2.75) is 13.0 Å². The molecule has 1 heterocycles. The highest BCUT2D eigenvalue weighted by Gasteiger charge is 2.26. The van der Waals surface area contributed by atoms with Crippen LogP contribution in [0.3, 0.4) is 0 Å². The van der Waals surface area contributed by atoms with Crippen LogP contribution in [0.4, 0.5) is 4.79 Å². The summed E-state index contributed by atoms with van der Waals surface area (Å²) in [5, 5.41) is 8.41. The maximum absolute atomic E-state index is 10.7. The number of hydrogen-bond acceptors (Lipinski definition) is 3. The van der Waals surface area contributed by atoms with Crippen molar-refractivity contribution in [3.63, 3.8) is 0 Å². The number of amides is 1. The van der Waals surface area contributed by atoms with E-state index in [2.05, 4.69) is 4.74 Å². The molecule has 0 N–H and O–H groups in total. The minimum atomic E-state index is -0.381. The predicted molar refractivity (Wildman–Crippen MR) is 33.1 cm³/mol. The predicted octanol–water partition coefficient (Wildman–Crippen LogP) is 0.351. The minimum absolute atomic E-state index is 0.366. The lowest BCUT2D eigenvalue weighted by atomic mass is 10.3. The lowest BCUT2D eigenvalue weighted by Gasteiger charge is -2.13. The van der Waals surface area contributed by atoms with Crippen LogP contribution in [-0.2, 0) is 4.74 Å². The molecule has 0 saturated carbocycles. The van der Waals surface area contributed by atoms with Gasteiger partial charge in [0.2, 0.25) is 0 Å². The van der Waals surface area contributed by atoms with Gasteiger partial charge >= 0.3 is 6.09 Å². The van der Waals surface area contributed by atoms with Gasteiger partial charge in [-0.05, 0) is 6.92 Å². The number of ether oxygens (including phenoxy) is 1. The monoisotopic (exact) mass is 140 g/mol. The Morgan fingerprint density at radius 1 is 1.90 bits per heavy atom. The number of nitriles is 1. The Hall–Kier alpha value is -1.24. The molecule has 0 aromatic rings. The molecule has 1 aliphatic rings. The highest BCUT2D eigenvalue weighted by Crippen LogP contribution is 2.06. The van der Waals surface area contributed by atoms with E-state index in [0.717, 1.165) is 0 Å². The van der Waals surface area contributed by atoms with Gasteiger partial charge in [-0.25, -0.2) is 4.79 Å². The van der Waals surface area contributed by atoms with Crippen molar-refractivity contribution in [2.24, 2.45) is 0 Å². The summed E-state index contributed by atoms with van der Waals surface area (Å²) in [6.45, 7) is 2.62. The van der Waals surface area contributed by atoms with Gasteiger partial charge in [-0.1, -0.05) is 0 Å². The van der Waals surface area contributed by atoms with E-state index in [1.54, 1.807) is 6.92 Å². The average molecular weight is 140 g/mol. The second-order valence-corrected chi connectivity index (χ2v) is 2.11. The number of carbonyl (C=O) groups excluding carboxylic acids is 1. The van der Waals surface area contributed by atoms with Crippen LogP contribution >= 0.6 is 0 Å². The molecule has 0 bridgehead atoms. The Balaban J connectivity index is 2.57. The first kappa shape index (κ1) is 6.87. The van der Waals surface area contributed by atoms with Gasteiger partial charge in [-0.15, -0.1) is 0 Å². The first-order valence-corrected chi connectivity index (χ1v) is 3.08. The molecule has 1 unspecified atom stereocenters. The van der Waals surface area contributed by atoms with Gasteiger partial charge in [0.25, 0.3) is 0 Å². The standard InChI is InChI=1S/C6H8N2O2/c1-5(4-7)8-2-3-10-6(8)9/h5H,2-3H2,1H3. The van der Waals surface area contributed by atoms with E-state index < -0.39 is 0 Å². The molecule has 1 atom stereocenters. The first-order chi connectivity index (χ1) is 4.75. The average Bonchev–Trinajstić information content (AvgIpc) is 2.34. The van der Waals surface area contributed by atoms with Crippen molar-refractivity contribution >= 4 is 6.09 Å². The van der Waals surface area contributed by atoms with Crippen molar-refractivity contribution < 1.29 is 9.53 Å². The largest absolute Gasteiger partial charge is 0.447 e. The molecule has 1 aliphatic heterocycles. The second-order valence-electron chi connectivity index (χ2n) is 2.11. The van der Waals surface area contributed by atoms with Crippen LogP contribution in [0.2, 0.25) is 0 Å². The van der Waals surface area contributed by atoms with Gasteiger partial charge in [-0.3, -0.25) is 4.90 Å². The SMILES string of the molecule is CC(C#N)N1CCOC1=O. The van der Waals surface area contributed by atoms with Crippen LogP contribution < -0.4 is 0 Å². The molecule has 1 fully saturated rings. The van der Waals surface area contributed by atoms with Gasteiger partial charge in [0.15, 0.2) is 0 Å². The fourth-order valence-electron chi connectivity index (χ4n) is 0.827. The van der Waals surface area contributed by atoms with Gasteiger partial charge < -0.3 is 4.74 Å². The fourth-order valence-corrected chi connectivity index (χ4v) is 0.827. The summed E-state index contributed by atoms with van der Waals surface area (Å²) < 4.78 is 4.62. The van der Waals surface area contributed by atoms with Crippen LogP contribution in [0.5, 0.6) is 0 Å². The molecule has 0 aromatic heterocycles. The smallest absolute Gasteiger partial charge is 0.411 e. The Labute approximate surface area is 59.0 Å². The van der Waals surface area contributed by atoms with Crippen LogP contribution in [0.1, 0.15) is 6.92 Å². The molecule has 4 heteroatoms. The Bertz CT molecular complexity index is 185. The Morgan fingerprint density at radius 3 is 3.00 bits per heavy atom. The minimum Gasteiger partial charge on any atom is -0.447 e. The zero-order valence-corrected chi connectivity index (χ0v) is 5.70. The summed E-state index contributed by atoms with van der Waals surface area (Å²) in [4.78, 5) is 12.1. The number of hydrogen-bond donors (Lipinski definition) is 0. The van der Waals surface area contributed by atoms with E-state index in [9.17, 15) is 4.79 Å². The zero-order valence-electron chi connectivity index (χ0n) is 5.70. The molecule has 1 amide bonds. The van der Waals surface area contributed by atoms with Gasteiger partial charge in [0.1, 0.15) is 12.6 Å². The summed E-state index contributed by atoms with van der Waals surface area (Å²) in [5.41, 5.74) is 0. The fraction of sp³-hybridized carbons (Fsp3) is 0.667. The van der Waals surface area contributed by atoms with Gasteiger partial charge in [0.05, 0.1) is 12.6 Å². The molecule has 4 nitrogen and oxygen atoms in total. The van der Waals surface area contributed by atoms with Crippen molar-refractivity contribution in [1.29, 1.82) is 5.26 Å². The highest BCUT2D eigenvalue weighted by molar-refractivity contribution is 5.70. The molecule has 0 spiro atoms. The quantitative estimate of drug-likeness (QED) is 0.528. The van der Waals surface area contributed by atoms with Crippen molar-refractivity contribution in [3.8, 4) is 6.07 Å². The molecular weight excluding hydrogens is 132 g/mol. The van der Waals surface area contributed by atoms with Crippen LogP contribution in [-0.4, -0.2) is 30.2 Å².